The molecule has 2 N–H and O–H groups in total. The van der Waals surface area contributed by atoms with Crippen LogP contribution in [-0.4, -0.2) is 56.5 Å². The highest BCUT2D eigenvalue weighted by Gasteiger charge is 2.48. The molecule has 3 aliphatic rings. The zero-order valence-electron chi connectivity index (χ0n) is 13.0. The molecule has 0 aromatic carbocycles. The number of nitrogens with two attached hydrogens (primary N) is 1. The number of likely N-dealkylation sites (tertiary alicyclic amines) is 1. The van der Waals surface area contributed by atoms with E-state index < -0.39 is 0 Å². The van der Waals surface area contributed by atoms with E-state index in [9.17, 15) is 0 Å². The van der Waals surface area contributed by atoms with Crippen molar-refractivity contribution in [3.8, 4) is 0 Å². The summed E-state index contributed by atoms with van der Waals surface area (Å²) in [7, 11) is 3.59. The van der Waals surface area contributed by atoms with Gasteiger partial charge in [-0.05, 0) is 37.5 Å². The first-order valence-electron chi connectivity index (χ1n) is 8.23. The number of ether oxygens (including phenoxy) is 2. The molecule has 4 atom stereocenters. The summed E-state index contributed by atoms with van der Waals surface area (Å²) in [5.74, 6) is 1.91. The molecule has 3 rings (SSSR count). The van der Waals surface area contributed by atoms with Crippen molar-refractivity contribution < 1.29 is 9.47 Å². The third-order valence-corrected chi connectivity index (χ3v) is 6.02. The molecule has 20 heavy (non-hydrogen) atoms. The zero-order chi connectivity index (χ0) is 14.2. The molecule has 0 aromatic heterocycles. The molecule has 3 fully saturated rings. The molecule has 1 saturated heterocycles. The molecule has 0 amide bonds. The molecule has 0 aromatic rings. The fraction of sp³-hybridized carbons (Fsp3) is 1.00. The van der Waals surface area contributed by atoms with Crippen LogP contribution in [0.1, 0.15) is 38.5 Å². The van der Waals surface area contributed by atoms with Gasteiger partial charge in [0.15, 0.2) is 0 Å². The Labute approximate surface area is 123 Å². The Bertz CT molecular complexity index is 322. The molecular weight excluding hydrogens is 252 g/mol. The monoisotopic (exact) mass is 282 g/mol. The number of hydrogen-bond donors (Lipinski definition) is 1. The van der Waals surface area contributed by atoms with E-state index in [1.54, 1.807) is 14.2 Å². The van der Waals surface area contributed by atoms with Crippen LogP contribution >= 0.6 is 0 Å². The van der Waals surface area contributed by atoms with Crippen LogP contribution in [0.25, 0.3) is 0 Å². The van der Waals surface area contributed by atoms with Crippen molar-refractivity contribution in [2.45, 2.75) is 56.3 Å². The lowest BCUT2D eigenvalue weighted by Crippen LogP contribution is -2.56. The Hall–Kier alpha value is -0.160. The lowest BCUT2D eigenvalue weighted by atomic mass is 9.73. The zero-order valence-corrected chi connectivity index (χ0v) is 13.0. The van der Waals surface area contributed by atoms with Crippen LogP contribution in [-0.2, 0) is 9.47 Å². The van der Waals surface area contributed by atoms with Crippen molar-refractivity contribution in [2.24, 2.45) is 17.6 Å². The maximum Gasteiger partial charge on any atom is 0.0972 e. The molecule has 116 valence electrons. The summed E-state index contributed by atoms with van der Waals surface area (Å²) in [5.41, 5.74) is 6.46. The fourth-order valence-electron chi connectivity index (χ4n) is 4.54. The van der Waals surface area contributed by atoms with Crippen molar-refractivity contribution in [1.29, 1.82) is 0 Å². The molecule has 2 aliphatic carbocycles. The molecule has 0 bridgehead atoms. The number of methoxy groups -OCH3 is 2. The topological polar surface area (TPSA) is 47.7 Å². The maximum atomic E-state index is 6.25. The van der Waals surface area contributed by atoms with E-state index in [1.807, 2.05) is 0 Å². The molecule has 2 saturated carbocycles. The van der Waals surface area contributed by atoms with Crippen molar-refractivity contribution in [3.05, 3.63) is 0 Å². The van der Waals surface area contributed by atoms with Crippen molar-refractivity contribution in [1.82, 2.24) is 4.90 Å². The van der Waals surface area contributed by atoms with Crippen LogP contribution in [0.15, 0.2) is 0 Å². The Morgan fingerprint density at radius 2 is 1.70 bits per heavy atom. The lowest BCUT2D eigenvalue weighted by molar-refractivity contribution is -0.00461. The second-order valence-corrected chi connectivity index (χ2v) is 7.08. The minimum absolute atomic E-state index is 0.199. The summed E-state index contributed by atoms with van der Waals surface area (Å²) < 4.78 is 11.2. The number of rotatable bonds is 5. The minimum Gasteiger partial charge on any atom is -0.377 e. The van der Waals surface area contributed by atoms with Gasteiger partial charge in [0, 0.05) is 39.4 Å². The quantitative estimate of drug-likeness (QED) is 0.832. The first kappa shape index (κ1) is 14.8. The predicted molar refractivity (Wildman–Crippen MR) is 79.6 cm³/mol. The minimum atomic E-state index is 0.199. The maximum absolute atomic E-state index is 6.25. The Morgan fingerprint density at radius 1 is 1.05 bits per heavy atom. The number of nitrogens with zero attached hydrogens (tertiary/aromatic N) is 1. The lowest BCUT2D eigenvalue weighted by Gasteiger charge is -2.47. The van der Waals surface area contributed by atoms with E-state index in [0.717, 1.165) is 31.5 Å². The van der Waals surface area contributed by atoms with Crippen molar-refractivity contribution in [3.63, 3.8) is 0 Å². The van der Waals surface area contributed by atoms with Gasteiger partial charge in [0.25, 0.3) is 0 Å². The van der Waals surface area contributed by atoms with E-state index in [4.69, 9.17) is 15.2 Å². The van der Waals surface area contributed by atoms with Crippen LogP contribution in [0.4, 0.5) is 0 Å². The first-order chi connectivity index (χ1) is 9.72. The van der Waals surface area contributed by atoms with Gasteiger partial charge < -0.3 is 15.2 Å². The molecular formula is C16H30N2O2. The van der Waals surface area contributed by atoms with Crippen LogP contribution in [0.2, 0.25) is 0 Å². The number of hydrogen-bond acceptors (Lipinski definition) is 4. The molecule has 1 aliphatic heterocycles. The van der Waals surface area contributed by atoms with Crippen LogP contribution in [0.3, 0.4) is 0 Å². The Morgan fingerprint density at radius 3 is 2.20 bits per heavy atom. The van der Waals surface area contributed by atoms with Gasteiger partial charge in [-0.25, -0.2) is 0 Å². The third kappa shape index (κ3) is 2.63. The van der Waals surface area contributed by atoms with Gasteiger partial charge >= 0.3 is 0 Å². The smallest absolute Gasteiger partial charge is 0.0972 e. The second-order valence-electron chi connectivity index (χ2n) is 7.08. The van der Waals surface area contributed by atoms with Gasteiger partial charge in [-0.2, -0.15) is 0 Å². The summed E-state index contributed by atoms with van der Waals surface area (Å²) in [5, 5.41) is 0. The van der Waals surface area contributed by atoms with Gasteiger partial charge in [0.05, 0.1) is 12.2 Å². The van der Waals surface area contributed by atoms with Crippen molar-refractivity contribution in [2.75, 3.05) is 33.9 Å². The largest absolute Gasteiger partial charge is 0.377 e. The fourth-order valence-corrected chi connectivity index (χ4v) is 4.54. The van der Waals surface area contributed by atoms with Gasteiger partial charge in [0.2, 0.25) is 0 Å². The van der Waals surface area contributed by atoms with E-state index in [0.29, 0.717) is 0 Å². The van der Waals surface area contributed by atoms with Gasteiger partial charge in [-0.15, -0.1) is 0 Å². The van der Waals surface area contributed by atoms with E-state index >= 15 is 0 Å². The molecule has 1 heterocycles. The first-order valence-corrected chi connectivity index (χ1v) is 8.23. The summed E-state index contributed by atoms with van der Waals surface area (Å²) in [4.78, 5) is 2.59. The Balaban J connectivity index is 1.71. The highest BCUT2D eigenvalue weighted by Crippen LogP contribution is 2.48. The third-order valence-electron chi connectivity index (χ3n) is 6.02. The molecule has 4 unspecified atom stereocenters. The standard InChI is InChI=1S/C16H30N2O2/c1-19-14-9-18(10-15(14)20-2)16(11-17)7-3-4-13(8-16)12-5-6-12/h12-15H,3-11,17H2,1-2H3. The van der Waals surface area contributed by atoms with Gasteiger partial charge in [-0.1, -0.05) is 12.8 Å². The van der Waals surface area contributed by atoms with E-state index in [2.05, 4.69) is 4.90 Å². The van der Waals surface area contributed by atoms with Crippen molar-refractivity contribution >= 4 is 0 Å². The summed E-state index contributed by atoms with van der Waals surface area (Å²) >= 11 is 0. The molecule has 0 radical (unpaired) electrons. The SMILES string of the molecule is COC1CN(C2(CN)CCCC(C3CC3)C2)CC1OC. The molecule has 4 heteroatoms. The van der Waals surface area contributed by atoms with Crippen LogP contribution < -0.4 is 5.73 Å². The summed E-state index contributed by atoms with van der Waals surface area (Å²) in [6, 6.07) is 0. The van der Waals surface area contributed by atoms with Gasteiger partial charge in [-0.3, -0.25) is 4.90 Å². The van der Waals surface area contributed by atoms with E-state index in [-0.39, 0.29) is 17.7 Å². The van der Waals surface area contributed by atoms with Crippen LogP contribution in [0, 0.1) is 11.8 Å². The van der Waals surface area contributed by atoms with E-state index in [1.165, 1.54) is 38.5 Å². The highest BCUT2D eigenvalue weighted by atomic mass is 16.5. The summed E-state index contributed by atoms with van der Waals surface area (Å²) in [6.07, 6.45) is 8.60. The van der Waals surface area contributed by atoms with Crippen LogP contribution in [0.5, 0.6) is 0 Å². The van der Waals surface area contributed by atoms with Gasteiger partial charge in [0.1, 0.15) is 0 Å². The average molecular weight is 282 g/mol. The average Bonchev–Trinajstić information content (AvgIpc) is 3.26. The summed E-state index contributed by atoms with van der Waals surface area (Å²) in [6.45, 7) is 2.73. The molecule has 4 nitrogen and oxygen atoms in total. The Kier molecular flexibility index (Phi) is 4.37. The second kappa shape index (κ2) is 5.91. The predicted octanol–water partition coefficient (Wildman–Crippen LogP) is 1.63. The highest BCUT2D eigenvalue weighted by molar-refractivity contribution is 5.03. The normalized spacial score (nSPS) is 43.0. The molecule has 0 spiro atoms.